The number of aliphatic carboxylic acids is 1. The Morgan fingerprint density at radius 2 is 1.76 bits per heavy atom. The highest BCUT2D eigenvalue weighted by Crippen LogP contribution is 2.24. The van der Waals surface area contributed by atoms with Crippen molar-refractivity contribution in [3.8, 4) is 0 Å². The largest absolute Gasteiger partial charge is 0.480 e. The Balaban J connectivity index is 1.63. The first-order valence-electron chi connectivity index (χ1n) is 8.00. The summed E-state index contributed by atoms with van der Waals surface area (Å²) in [6.45, 7) is 0.170. The summed E-state index contributed by atoms with van der Waals surface area (Å²) in [5.74, 6) is -2.31. The number of hydrogen-bond donors (Lipinski definition) is 1. The Labute approximate surface area is 145 Å². The van der Waals surface area contributed by atoms with E-state index in [1.165, 1.54) is 0 Å². The van der Waals surface area contributed by atoms with Gasteiger partial charge in [0.2, 0.25) is 10.0 Å². The third-order valence-electron chi connectivity index (χ3n) is 4.51. The van der Waals surface area contributed by atoms with Crippen molar-refractivity contribution in [2.45, 2.75) is 25.3 Å². The third kappa shape index (κ3) is 3.16. The topological polar surface area (TPSA) is 112 Å². The van der Waals surface area contributed by atoms with Crippen LogP contribution in [0.5, 0.6) is 0 Å². The second-order valence-corrected chi connectivity index (χ2v) is 8.13. The van der Waals surface area contributed by atoms with Gasteiger partial charge >= 0.3 is 5.97 Å². The van der Waals surface area contributed by atoms with Gasteiger partial charge in [0, 0.05) is 13.1 Å². The monoisotopic (exact) mass is 366 g/mol. The van der Waals surface area contributed by atoms with Crippen molar-refractivity contribution in [1.82, 2.24) is 9.21 Å². The maximum atomic E-state index is 12.4. The molecule has 2 heterocycles. The first kappa shape index (κ1) is 17.6. The highest BCUT2D eigenvalue weighted by atomic mass is 32.2. The van der Waals surface area contributed by atoms with Crippen LogP contribution >= 0.6 is 0 Å². The minimum atomic E-state index is -3.75. The second kappa shape index (κ2) is 6.57. The number of fused-ring (bicyclic) bond motifs is 1. The molecule has 134 valence electrons. The van der Waals surface area contributed by atoms with E-state index in [1.54, 1.807) is 24.3 Å². The number of carbonyl (C=O) groups is 3. The zero-order valence-electron chi connectivity index (χ0n) is 13.4. The van der Waals surface area contributed by atoms with Crippen LogP contribution in [-0.4, -0.2) is 65.4 Å². The number of carboxylic acid groups (broad SMARTS) is 1. The molecule has 0 aromatic heterocycles. The fourth-order valence-electron chi connectivity index (χ4n) is 3.28. The number of hydrogen-bond acceptors (Lipinski definition) is 5. The molecule has 2 aliphatic rings. The van der Waals surface area contributed by atoms with E-state index < -0.39 is 33.8 Å². The Bertz CT molecular complexity index is 800. The summed E-state index contributed by atoms with van der Waals surface area (Å²) in [4.78, 5) is 36.6. The lowest BCUT2D eigenvalue weighted by Gasteiger charge is -2.21. The summed E-state index contributed by atoms with van der Waals surface area (Å²) in [5, 5.41) is 9.11. The highest BCUT2D eigenvalue weighted by molar-refractivity contribution is 7.89. The highest BCUT2D eigenvalue weighted by Gasteiger charge is 2.39. The summed E-state index contributed by atoms with van der Waals surface area (Å²) < 4.78 is 25.8. The Hall–Kier alpha value is -2.26. The van der Waals surface area contributed by atoms with Crippen molar-refractivity contribution >= 4 is 27.8 Å². The van der Waals surface area contributed by atoms with Gasteiger partial charge in [-0.25, -0.2) is 8.42 Å². The summed E-state index contributed by atoms with van der Waals surface area (Å²) in [6, 6.07) is 5.43. The van der Waals surface area contributed by atoms with E-state index in [2.05, 4.69) is 0 Å². The zero-order chi connectivity index (χ0) is 18.2. The smallest absolute Gasteiger partial charge is 0.322 e. The molecule has 25 heavy (non-hydrogen) atoms. The maximum absolute atomic E-state index is 12.4. The Morgan fingerprint density at radius 1 is 1.16 bits per heavy atom. The Kier molecular flexibility index (Phi) is 4.61. The molecule has 0 spiro atoms. The number of amides is 2. The van der Waals surface area contributed by atoms with Crippen LogP contribution in [0.4, 0.5) is 0 Å². The van der Waals surface area contributed by atoms with Gasteiger partial charge in [-0.15, -0.1) is 0 Å². The van der Waals surface area contributed by atoms with Crippen LogP contribution in [0.3, 0.4) is 0 Å². The molecule has 0 unspecified atom stereocenters. The molecule has 2 amide bonds. The van der Waals surface area contributed by atoms with Crippen molar-refractivity contribution in [3.05, 3.63) is 35.4 Å². The number of rotatable bonds is 6. The maximum Gasteiger partial charge on any atom is 0.322 e. The molecule has 0 bridgehead atoms. The third-order valence-corrected chi connectivity index (χ3v) is 6.46. The van der Waals surface area contributed by atoms with E-state index in [4.69, 9.17) is 5.11 Å². The number of nitrogens with zero attached hydrogens (tertiary/aromatic N) is 2. The average molecular weight is 366 g/mol. The SMILES string of the molecule is O=C(O)[C@@H]1CCCN1S(=O)(=O)CCCN1C(=O)c2ccccc2C1=O. The predicted octanol–water partition coefficient (Wildman–Crippen LogP) is 0.552. The number of imide groups is 1. The van der Waals surface area contributed by atoms with Crippen molar-refractivity contribution < 1.29 is 27.9 Å². The van der Waals surface area contributed by atoms with Crippen molar-refractivity contribution in [2.24, 2.45) is 0 Å². The fourth-order valence-corrected chi connectivity index (χ4v) is 5.00. The predicted molar refractivity (Wildman–Crippen MR) is 87.6 cm³/mol. The number of benzene rings is 1. The number of carbonyl (C=O) groups excluding carboxylic acids is 2. The van der Waals surface area contributed by atoms with Crippen LogP contribution < -0.4 is 0 Å². The van der Waals surface area contributed by atoms with E-state index in [9.17, 15) is 22.8 Å². The number of sulfonamides is 1. The summed E-state index contributed by atoms with van der Waals surface area (Å²) in [7, 11) is -3.75. The van der Waals surface area contributed by atoms with E-state index >= 15 is 0 Å². The van der Waals surface area contributed by atoms with E-state index in [0.717, 1.165) is 9.21 Å². The van der Waals surface area contributed by atoms with Crippen molar-refractivity contribution in [2.75, 3.05) is 18.8 Å². The molecule has 1 saturated heterocycles. The molecule has 9 heteroatoms. The lowest BCUT2D eigenvalue weighted by atomic mass is 10.1. The van der Waals surface area contributed by atoms with Gasteiger partial charge in [0.05, 0.1) is 16.9 Å². The van der Waals surface area contributed by atoms with Gasteiger partial charge < -0.3 is 5.11 Å². The minimum Gasteiger partial charge on any atom is -0.480 e. The molecule has 1 aromatic rings. The first-order chi connectivity index (χ1) is 11.8. The molecule has 0 saturated carbocycles. The number of carboxylic acids is 1. The standard InChI is InChI=1S/C16H18N2O6S/c19-14-11-5-1-2-6-12(11)15(20)17(14)8-4-10-25(23,24)18-9-3-7-13(18)16(21)22/h1-2,5-6,13H,3-4,7-10H2,(H,21,22)/t13-/m0/s1. The Morgan fingerprint density at radius 3 is 2.32 bits per heavy atom. The molecule has 1 N–H and O–H groups in total. The molecule has 1 atom stereocenters. The van der Waals surface area contributed by atoms with Gasteiger partial charge in [-0.1, -0.05) is 12.1 Å². The molecule has 1 aromatic carbocycles. The lowest BCUT2D eigenvalue weighted by Crippen LogP contribution is -2.42. The van der Waals surface area contributed by atoms with Gasteiger partial charge in [-0.3, -0.25) is 19.3 Å². The molecule has 2 aliphatic heterocycles. The molecule has 0 aliphatic carbocycles. The minimum absolute atomic E-state index is 0.0167. The van der Waals surface area contributed by atoms with Gasteiger partial charge in [0.1, 0.15) is 6.04 Å². The van der Waals surface area contributed by atoms with Crippen LogP contribution in [0.25, 0.3) is 0 Å². The van der Waals surface area contributed by atoms with Crippen LogP contribution in [-0.2, 0) is 14.8 Å². The van der Waals surface area contributed by atoms with E-state index in [1.807, 2.05) is 0 Å². The van der Waals surface area contributed by atoms with Gasteiger partial charge in [0.15, 0.2) is 0 Å². The molecule has 0 radical (unpaired) electrons. The quantitative estimate of drug-likeness (QED) is 0.736. The second-order valence-electron chi connectivity index (χ2n) is 6.08. The van der Waals surface area contributed by atoms with Crippen molar-refractivity contribution in [1.29, 1.82) is 0 Å². The average Bonchev–Trinajstić information content (AvgIpc) is 3.16. The van der Waals surface area contributed by atoms with Crippen LogP contribution in [0.2, 0.25) is 0 Å². The molecular formula is C16H18N2O6S. The first-order valence-corrected chi connectivity index (χ1v) is 9.61. The summed E-state index contributed by atoms with van der Waals surface area (Å²) in [6.07, 6.45) is 0.873. The summed E-state index contributed by atoms with van der Waals surface area (Å²) in [5.41, 5.74) is 0.640. The van der Waals surface area contributed by atoms with Gasteiger partial charge in [0.25, 0.3) is 11.8 Å². The van der Waals surface area contributed by atoms with Crippen molar-refractivity contribution in [3.63, 3.8) is 0 Å². The van der Waals surface area contributed by atoms with Crippen LogP contribution in [0, 0.1) is 0 Å². The van der Waals surface area contributed by atoms with E-state index in [0.29, 0.717) is 24.0 Å². The molecular weight excluding hydrogens is 348 g/mol. The molecule has 1 fully saturated rings. The van der Waals surface area contributed by atoms with Gasteiger partial charge in [-0.2, -0.15) is 4.31 Å². The normalized spacial score (nSPS) is 21.0. The molecule has 3 rings (SSSR count). The fraction of sp³-hybridized carbons (Fsp3) is 0.438. The zero-order valence-corrected chi connectivity index (χ0v) is 14.2. The molecule has 8 nitrogen and oxygen atoms in total. The van der Waals surface area contributed by atoms with Crippen LogP contribution in [0.1, 0.15) is 40.0 Å². The van der Waals surface area contributed by atoms with E-state index in [-0.39, 0.29) is 25.3 Å². The lowest BCUT2D eigenvalue weighted by molar-refractivity contribution is -0.140. The summed E-state index contributed by atoms with van der Waals surface area (Å²) >= 11 is 0. The van der Waals surface area contributed by atoms with Gasteiger partial charge in [-0.05, 0) is 31.4 Å². The van der Waals surface area contributed by atoms with Crippen LogP contribution in [0.15, 0.2) is 24.3 Å².